The van der Waals surface area contributed by atoms with Gasteiger partial charge < -0.3 is 10.6 Å². The number of carbonyl (C=O) groups excluding carboxylic acids is 1. The summed E-state index contributed by atoms with van der Waals surface area (Å²) in [7, 11) is 0. The van der Waals surface area contributed by atoms with Crippen LogP contribution in [0.4, 0.5) is 0 Å². The van der Waals surface area contributed by atoms with E-state index in [1.807, 2.05) is 36.2 Å². The highest BCUT2D eigenvalue weighted by Gasteiger charge is 2.25. The van der Waals surface area contributed by atoms with E-state index in [9.17, 15) is 4.79 Å². The summed E-state index contributed by atoms with van der Waals surface area (Å²) in [5, 5.41) is 8.81. The van der Waals surface area contributed by atoms with Crippen LogP contribution in [0.1, 0.15) is 54.1 Å². The molecular formula is C26H33N5OS. The Morgan fingerprint density at radius 1 is 1.06 bits per heavy atom. The second-order valence-electron chi connectivity index (χ2n) is 9.23. The minimum absolute atomic E-state index is 0.420. The quantitative estimate of drug-likeness (QED) is 0.376. The molecule has 0 unspecified atom stereocenters. The molecule has 0 aliphatic carbocycles. The third-order valence-corrected chi connectivity index (χ3v) is 8.22. The van der Waals surface area contributed by atoms with E-state index < -0.39 is 5.91 Å². The number of amides is 1. The molecule has 0 saturated carbocycles. The molecule has 0 spiro atoms. The number of nitrogens with two attached hydrogens (primary N) is 1. The summed E-state index contributed by atoms with van der Waals surface area (Å²) in [6, 6.07) is 14.2. The topological polar surface area (TPSA) is 78.3 Å². The smallest absolute Gasteiger partial charge is 0.251 e. The molecule has 2 aromatic carbocycles. The number of aromatic amines is 1. The lowest BCUT2D eigenvalue weighted by atomic mass is 9.90. The average molecular weight is 464 g/mol. The summed E-state index contributed by atoms with van der Waals surface area (Å²) in [5.41, 5.74) is 10.1. The number of likely N-dealkylation sites (tertiary alicyclic amines) is 1. The van der Waals surface area contributed by atoms with Crippen molar-refractivity contribution in [1.82, 2.24) is 19.4 Å². The van der Waals surface area contributed by atoms with Crippen LogP contribution in [0, 0.1) is 0 Å². The summed E-state index contributed by atoms with van der Waals surface area (Å²) in [4.78, 5) is 14.8. The zero-order valence-corrected chi connectivity index (χ0v) is 19.9. The van der Waals surface area contributed by atoms with E-state index in [-0.39, 0.29) is 0 Å². The molecular weight excluding hydrogens is 430 g/mol. The molecule has 2 saturated heterocycles. The summed E-state index contributed by atoms with van der Waals surface area (Å²) in [6.45, 7) is 5.99. The van der Waals surface area contributed by atoms with Gasteiger partial charge in [-0.1, -0.05) is 42.3 Å². The molecule has 0 atom stereocenters. The van der Waals surface area contributed by atoms with Gasteiger partial charge in [-0.05, 0) is 75.0 Å². The maximum absolute atomic E-state index is 12.2. The van der Waals surface area contributed by atoms with Crippen LogP contribution in [0.5, 0.6) is 0 Å². The molecule has 6 nitrogen and oxygen atoms in total. The molecule has 33 heavy (non-hydrogen) atoms. The number of fused-ring (bicyclic) bond motifs is 1. The average Bonchev–Trinajstić information content (AvgIpc) is 3.52. The largest absolute Gasteiger partial charge is 0.366 e. The molecule has 174 valence electrons. The maximum Gasteiger partial charge on any atom is 0.251 e. The Bertz CT molecular complexity index is 1080. The number of hydrogen-bond acceptors (Lipinski definition) is 5. The SMILES string of the molecule is NC(=O)c1cc(-c2ccccc2)cc2c(C3CCN(SCCCN4CCCC4)CC3)[nH]nc12. The van der Waals surface area contributed by atoms with Crippen molar-refractivity contribution in [1.29, 1.82) is 0 Å². The van der Waals surface area contributed by atoms with Gasteiger partial charge in [-0.3, -0.25) is 14.2 Å². The number of H-pyrrole nitrogens is 1. The van der Waals surface area contributed by atoms with Gasteiger partial charge in [0.2, 0.25) is 0 Å². The van der Waals surface area contributed by atoms with Gasteiger partial charge in [0.1, 0.15) is 5.52 Å². The van der Waals surface area contributed by atoms with Gasteiger partial charge in [-0.2, -0.15) is 5.10 Å². The second-order valence-corrected chi connectivity index (χ2v) is 10.4. The first kappa shape index (κ1) is 22.4. The van der Waals surface area contributed by atoms with Crippen molar-refractivity contribution < 1.29 is 4.79 Å². The molecule has 3 heterocycles. The van der Waals surface area contributed by atoms with Crippen LogP contribution in [-0.2, 0) is 0 Å². The van der Waals surface area contributed by atoms with Gasteiger partial charge in [-0.15, -0.1) is 0 Å². The predicted octanol–water partition coefficient (Wildman–Crippen LogP) is 4.64. The number of rotatable bonds is 8. The summed E-state index contributed by atoms with van der Waals surface area (Å²) >= 11 is 2.01. The minimum atomic E-state index is -0.434. The van der Waals surface area contributed by atoms with E-state index in [1.165, 1.54) is 44.6 Å². The first-order valence-electron chi connectivity index (χ1n) is 12.2. The number of nitrogens with one attached hydrogen (secondary N) is 1. The second kappa shape index (κ2) is 10.3. The summed E-state index contributed by atoms with van der Waals surface area (Å²) in [6.07, 6.45) is 6.21. The van der Waals surface area contributed by atoms with Gasteiger partial charge in [0, 0.05) is 35.8 Å². The van der Waals surface area contributed by atoms with Crippen molar-refractivity contribution in [2.24, 2.45) is 5.73 Å². The van der Waals surface area contributed by atoms with Crippen LogP contribution in [-0.4, -0.2) is 63.8 Å². The molecule has 1 amide bonds. The van der Waals surface area contributed by atoms with Crippen LogP contribution < -0.4 is 5.73 Å². The molecule has 1 aromatic heterocycles. The number of aromatic nitrogens is 2. The summed E-state index contributed by atoms with van der Waals surface area (Å²) < 4.78 is 2.53. The summed E-state index contributed by atoms with van der Waals surface area (Å²) in [5.74, 6) is 1.19. The molecule has 7 heteroatoms. The first-order valence-corrected chi connectivity index (χ1v) is 13.1. The third-order valence-electron chi connectivity index (χ3n) is 7.01. The molecule has 2 aliphatic heterocycles. The van der Waals surface area contributed by atoms with Crippen LogP contribution in [0.2, 0.25) is 0 Å². The van der Waals surface area contributed by atoms with Crippen LogP contribution in [0.3, 0.4) is 0 Å². The van der Waals surface area contributed by atoms with Crippen molar-refractivity contribution >= 4 is 28.8 Å². The van der Waals surface area contributed by atoms with Gasteiger partial charge >= 0.3 is 0 Å². The van der Waals surface area contributed by atoms with E-state index in [4.69, 9.17) is 5.73 Å². The highest BCUT2D eigenvalue weighted by molar-refractivity contribution is 7.97. The molecule has 3 N–H and O–H groups in total. The number of primary amides is 1. The van der Waals surface area contributed by atoms with E-state index in [2.05, 4.69) is 37.6 Å². The van der Waals surface area contributed by atoms with E-state index in [0.717, 1.165) is 48.1 Å². The number of nitrogens with zero attached hydrogens (tertiary/aromatic N) is 3. The molecule has 2 fully saturated rings. The van der Waals surface area contributed by atoms with Crippen LogP contribution in [0.15, 0.2) is 42.5 Å². The number of piperidine rings is 1. The number of carbonyl (C=O) groups is 1. The van der Waals surface area contributed by atoms with E-state index in [1.54, 1.807) is 0 Å². The fraction of sp³-hybridized carbons (Fsp3) is 0.462. The Labute approximate surface area is 200 Å². The van der Waals surface area contributed by atoms with Crippen LogP contribution in [0.25, 0.3) is 22.0 Å². The van der Waals surface area contributed by atoms with Gasteiger partial charge in [0.15, 0.2) is 0 Å². The highest BCUT2D eigenvalue weighted by atomic mass is 32.2. The molecule has 0 radical (unpaired) electrons. The Balaban J connectivity index is 1.26. The molecule has 5 rings (SSSR count). The van der Waals surface area contributed by atoms with Crippen molar-refractivity contribution in [2.45, 2.75) is 38.0 Å². The molecule has 3 aromatic rings. The monoisotopic (exact) mass is 463 g/mol. The van der Waals surface area contributed by atoms with Crippen molar-refractivity contribution in [3.05, 3.63) is 53.7 Å². The standard InChI is InChI=1S/C26H33N5OS/c27-26(32)23-18-21(19-7-2-1-3-8-19)17-22-24(28-29-25(22)23)20-9-14-31(15-10-20)33-16-6-13-30-11-4-5-12-30/h1-3,7-8,17-18,20H,4-6,9-16H2,(H2,27,32)(H,28,29). The Hall–Kier alpha value is -2.35. The van der Waals surface area contributed by atoms with E-state index >= 15 is 0 Å². The fourth-order valence-electron chi connectivity index (χ4n) is 5.19. The van der Waals surface area contributed by atoms with Gasteiger partial charge in [-0.25, -0.2) is 0 Å². The normalized spacial score (nSPS) is 18.3. The van der Waals surface area contributed by atoms with Gasteiger partial charge in [0.25, 0.3) is 5.91 Å². The zero-order chi connectivity index (χ0) is 22.6. The third kappa shape index (κ3) is 5.10. The lowest BCUT2D eigenvalue weighted by molar-refractivity contribution is 0.100. The number of hydrogen-bond donors (Lipinski definition) is 2. The first-order chi connectivity index (χ1) is 16.2. The van der Waals surface area contributed by atoms with Gasteiger partial charge in [0.05, 0.1) is 5.56 Å². The maximum atomic E-state index is 12.2. The highest BCUT2D eigenvalue weighted by Crippen LogP contribution is 2.36. The minimum Gasteiger partial charge on any atom is -0.366 e. The zero-order valence-electron chi connectivity index (χ0n) is 19.1. The predicted molar refractivity (Wildman–Crippen MR) is 136 cm³/mol. The molecule has 0 bridgehead atoms. The lowest BCUT2D eigenvalue weighted by Gasteiger charge is -2.30. The Kier molecular flexibility index (Phi) is 6.99. The Morgan fingerprint density at radius 2 is 1.82 bits per heavy atom. The lowest BCUT2D eigenvalue weighted by Crippen LogP contribution is -2.28. The van der Waals surface area contributed by atoms with E-state index in [0.29, 0.717) is 17.0 Å². The van der Waals surface area contributed by atoms with Crippen molar-refractivity contribution in [2.75, 3.05) is 38.5 Å². The van der Waals surface area contributed by atoms with Crippen LogP contribution >= 0.6 is 11.9 Å². The van der Waals surface area contributed by atoms with Crippen molar-refractivity contribution in [3.8, 4) is 11.1 Å². The number of benzene rings is 2. The fourth-order valence-corrected chi connectivity index (χ4v) is 6.18. The molecule has 2 aliphatic rings. The Morgan fingerprint density at radius 3 is 2.55 bits per heavy atom. The van der Waals surface area contributed by atoms with Crippen molar-refractivity contribution in [3.63, 3.8) is 0 Å².